The van der Waals surface area contributed by atoms with Crippen LogP contribution in [0.5, 0.6) is 5.75 Å². The standard InChI is InChI=1S/C23H31N5O3/c29-22(26-17-23(30)8-13-28(18-23)21-16-24-9-10-25-21)19-4-6-20(7-5-19)31-15-14-27-11-2-1-3-12-27/h4-7,9-10,16,30H,1-3,8,11-15,17-18H2,(H,26,29). The zero-order valence-corrected chi connectivity index (χ0v) is 17.9. The maximum atomic E-state index is 12.5. The van der Waals surface area contributed by atoms with Gasteiger partial charge in [-0.3, -0.25) is 14.7 Å². The van der Waals surface area contributed by atoms with Gasteiger partial charge in [-0.25, -0.2) is 4.98 Å². The highest BCUT2D eigenvalue weighted by molar-refractivity contribution is 5.94. The van der Waals surface area contributed by atoms with E-state index in [2.05, 4.69) is 20.2 Å². The van der Waals surface area contributed by atoms with Gasteiger partial charge in [-0.1, -0.05) is 6.42 Å². The number of anilines is 1. The molecule has 0 spiro atoms. The SMILES string of the molecule is O=C(NCC1(O)CCN(c2cnccn2)C1)c1ccc(OCCN2CCCCC2)cc1. The van der Waals surface area contributed by atoms with Crippen molar-refractivity contribution in [1.82, 2.24) is 20.2 Å². The molecule has 2 aliphatic rings. The molecule has 1 aromatic heterocycles. The van der Waals surface area contributed by atoms with E-state index in [0.29, 0.717) is 31.7 Å². The maximum Gasteiger partial charge on any atom is 0.251 e. The van der Waals surface area contributed by atoms with Crippen LogP contribution in [-0.4, -0.2) is 77.4 Å². The van der Waals surface area contributed by atoms with E-state index in [4.69, 9.17) is 4.74 Å². The van der Waals surface area contributed by atoms with Gasteiger partial charge in [0, 0.05) is 44.1 Å². The largest absolute Gasteiger partial charge is 0.492 e. The Morgan fingerprint density at radius 1 is 1.13 bits per heavy atom. The summed E-state index contributed by atoms with van der Waals surface area (Å²) < 4.78 is 5.82. The second kappa shape index (κ2) is 10.1. The van der Waals surface area contributed by atoms with Crippen LogP contribution < -0.4 is 15.0 Å². The second-order valence-electron chi connectivity index (χ2n) is 8.42. The number of ether oxygens (including phenoxy) is 1. The summed E-state index contributed by atoms with van der Waals surface area (Å²) in [4.78, 5) is 25.3. The van der Waals surface area contributed by atoms with Crippen molar-refractivity contribution >= 4 is 11.7 Å². The predicted octanol–water partition coefficient (Wildman–Crippen LogP) is 1.71. The fourth-order valence-corrected chi connectivity index (χ4v) is 4.18. The van der Waals surface area contributed by atoms with Gasteiger partial charge in [0.25, 0.3) is 5.91 Å². The van der Waals surface area contributed by atoms with Gasteiger partial charge in [0.1, 0.15) is 23.8 Å². The number of hydrogen-bond donors (Lipinski definition) is 2. The van der Waals surface area contributed by atoms with Crippen LogP contribution in [0.15, 0.2) is 42.9 Å². The van der Waals surface area contributed by atoms with Gasteiger partial charge in [-0.15, -0.1) is 0 Å². The Balaban J connectivity index is 1.21. The number of carbonyl (C=O) groups excluding carboxylic acids is 1. The molecule has 1 atom stereocenters. The topological polar surface area (TPSA) is 90.8 Å². The first-order valence-corrected chi connectivity index (χ1v) is 11.1. The monoisotopic (exact) mass is 425 g/mol. The third-order valence-electron chi connectivity index (χ3n) is 6.03. The summed E-state index contributed by atoms with van der Waals surface area (Å²) in [5.74, 6) is 1.30. The number of benzene rings is 1. The lowest BCUT2D eigenvalue weighted by Crippen LogP contribution is -2.45. The molecule has 1 unspecified atom stereocenters. The highest BCUT2D eigenvalue weighted by atomic mass is 16.5. The molecule has 2 N–H and O–H groups in total. The fourth-order valence-electron chi connectivity index (χ4n) is 4.18. The van der Waals surface area contributed by atoms with E-state index in [-0.39, 0.29) is 12.5 Å². The molecule has 0 saturated carbocycles. The van der Waals surface area contributed by atoms with E-state index in [0.717, 1.165) is 31.2 Å². The number of nitrogens with one attached hydrogen (secondary N) is 1. The smallest absolute Gasteiger partial charge is 0.251 e. The lowest BCUT2D eigenvalue weighted by molar-refractivity contribution is 0.0575. The van der Waals surface area contributed by atoms with Gasteiger partial charge in [0.2, 0.25) is 0 Å². The molecule has 4 rings (SSSR count). The molecule has 8 heteroatoms. The van der Waals surface area contributed by atoms with E-state index in [1.807, 2.05) is 17.0 Å². The molecule has 0 bridgehead atoms. The first-order chi connectivity index (χ1) is 15.1. The van der Waals surface area contributed by atoms with Crippen LogP contribution in [0.1, 0.15) is 36.0 Å². The van der Waals surface area contributed by atoms with Crippen LogP contribution in [0.4, 0.5) is 5.82 Å². The van der Waals surface area contributed by atoms with Crippen molar-refractivity contribution in [3.63, 3.8) is 0 Å². The van der Waals surface area contributed by atoms with Gasteiger partial charge < -0.3 is 20.1 Å². The summed E-state index contributed by atoms with van der Waals surface area (Å²) in [6.45, 7) is 5.19. The third kappa shape index (κ3) is 5.92. The van der Waals surface area contributed by atoms with E-state index >= 15 is 0 Å². The highest BCUT2D eigenvalue weighted by Crippen LogP contribution is 2.24. The van der Waals surface area contributed by atoms with Gasteiger partial charge in [-0.05, 0) is 56.6 Å². The third-order valence-corrected chi connectivity index (χ3v) is 6.03. The number of rotatable bonds is 8. The van der Waals surface area contributed by atoms with E-state index in [9.17, 15) is 9.90 Å². The molecule has 2 aliphatic heterocycles. The van der Waals surface area contributed by atoms with Crippen LogP contribution in [0, 0.1) is 0 Å². The Bertz CT molecular complexity index is 842. The van der Waals surface area contributed by atoms with Crippen LogP contribution in [0.3, 0.4) is 0 Å². The first kappa shape index (κ1) is 21.5. The molecule has 1 aromatic carbocycles. The fraction of sp³-hybridized carbons (Fsp3) is 0.522. The number of piperidine rings is 1. The number of hydrogen-bond acceptors (Lipinski definition) is 7. The number of carbonyl (C=O) groups is 1. The average molecular weight is 426 g/mol. The van der Waals surface area contributed by atoms with Crippen molar-refractivity contribution in [1.29, 1.82) is 0 Å². The molecule has 3 heterocycles. The lowest BCUT2D eigenvalue weighted by Gasteiger charge is -2.26. The number of nitrogens with zero attached hydrogens (tertiary/aromatic N) is 4. The zero-order valence-electron chi connectivity index (χ0n) is 17.9. The van der Waals surface area contributed by atoms with Crippen LogP contribution in [-0.2, 0) is 0 Å². The minimum atomic E-state index is -0.981. The Kier molecular flexibility index (Phi) is 6.99. The van der Waals surface area contributed by atoms with Crippen LogP contribution in [0.25, 0.3) is 0 Å². The predicted molar refractivity (Wildman–Crippen MR) is 118 cm³/mol. The molecule has 2 aromatic rings. The summed E-state index contributed by atoms with van der Waals surface area (Å²) >= 11 is 0. The molecule has 1 amide bonds. The average Bonchev–Trinajstić information content (AvgIpc) is 3.22. The van der Waals surface area contributed by atoms with E-state index in [1.165, 1.54) is 19.3 Å². The van der Waals surface area contributed by atoms with Crippen LogP contribution in [0.2, 0.25) is 0 Å². The van der Waals surface area contributed by atoms with E-state index < -0.39 is 5.60 Å². The number of aliphatic hydroxyl groups is 1. The van der Waals surface area contributed by atoms with Gasteiger partial charge in [0.05, 0.1) is 6.20 Å². The summed E-state index contributed by atoms with van der Waals surface area (Å²) in [6.07, 6.45) is 9.38. The van der Waals surface area contributed by atoms with Gasteiger partial charge in [-0.2, -0.15) is 0 Å². The van der Waals surface area contributed by atoms with Crippen molar-refractivity contribution in [2.75, 3.05) is 50.8 Å². The molecule has 2 saturated heterocycles. The normalized spacial score (nSPS) is 21.8. The molecule has 0 radical (unpaired) electrons. The van der Waals surface area contributed by atoms with Crippen molar-refractivity contribution in [2.45, 2.75) is 31.3 Å². The molecule has 8 nitrogen and oxygen atoms in total. The van der Waals surface area contributed by atoms with Crippen molar-refractivity contribution in [3.05, 3.63) is 48.4 Å². The second-order valence-corrected chi connectivity index (χ2v) is 8.42. The molecular formula is C23H31N5O3. The minimum absolute atomic E-state index is 0.191. The molecule has 0 aliphatic carbocycles. The maximum absolute atomic E-state index is 12.5. The summed E-state index contributed by atoms with van der Waals surface area (Å²) in [5.41, 5.74) is -0.430. The zero-order chi connectivity index (χ0) is 21.5. The molecule has 166 valence electrons. The Hall–Kier alpha value is -2.71. The molecule has 31 heavy (non-hydrogen) atoms. The Morgan fingerprint density at radius 2 is 1.94 bits per heavy atom. The number of amides is 1. The van der Waals surface area contributed by atoms with Crippen molar-refractivity contribution in [2.24, 2.45) is 0 Å². The lowest BCUT2D eigenvalue weighted by atomic mass is 10.0. The van der Waals surface area contributed by atoms with E-state index in [1.54, 1.807) is 30.7 Å². The van der Waals surface area contributed by atoms with Crippen LogP contribution >= 0.6 is 0 Å². The Labute approximate surface area is 183 Å². The molecule has 2 fully saturated rings. The van der Waals surface area contributed by atoms with Gasteiger partial charge >= 0.3 is 0 Å². The summed E-state index contributed by atoms with van der Waals surface area (Å²) in [6, 6.07) is 7.17. The van der Waals surface area contributed by atoms with Crippen molar-refractivity contribution < 1.29 is 14.6 Å². The van der Waals surface area contributed by atoms with Gasteiger partial charge in [0.15, 0.2) is 0 Å². The summed E-state index contributed by atoms with van der Waals surface area (Å²) in [5, 5.41) is 13.7. The number of β-amino-alcohol motifs (C(OH)–C–C–N with tert-alkyl or cyclic N) is 1. The molecular weight excluding hydrogens is 394 g/mol. The number of likely N-dealkylation sites (tertiary alicyclic amines) is 1. The first-order valence-electron chi connectivity index (χ1n) is 11.1. The quantitative estimate of drug-likeness (QED) is 0.665. The summed E-state index contributed by atoms with van der Waals surface area (Å²) in [7, 11) is 0. The highest BCUT2D eigenvalue weighted by Gasteiger charge is 2.37. The van der Waals surface area contributed by atoms with Crippen molar-refractivity contribution in [3.8, 4) is 5.75 Å². The Morgan fingerprint density at radius 3 is 2.68 bits per heavy atom. The minimum Gasteiger partial charge on any atom is -0.492 e. The number of aromatic nitrogens is 2.